The largest absolute Gasteiger partial charge is 0.372 e. The van der Waals surface area contributed by atoms with Crippen molar-refractivity contribution in [2.75, 3.05) is 23.3 Å². The highest BCUT2D eigenvalue weighted by Gasteiger charge is 2.17. The minimum atomic E-state index is -0.119. The summed E-state index contributed by atoms with van der Waals surface area (Å²) in [6.45, 7) is 6.01. The number of amides is 1. The molecule has 6 heteroatoms. The third-order valence-corrected chi connectivity index (χ3v) is 5.13. The Hall–Kier alpha value is -3.15. The molecule has 1 aliphatic heterocycles. The Morgan fingerprint density at radius 1 is 1.11 bits per heavy atom. The zero-order chi connectivity index (χ0) is 19.5. The first-order valence-electron chi connectivity index (χ1n) is 9.65. The number of aromatic nitrogens is 2. The molecule has 1 amide bonds. The van der Waals surface area contributed by atoms with Crippen molar-refractivity contribution < 1.29 is 9.32 Å². The Kier molecular flexibility index (Phi) is 5.10. The van der Waals surface area contributed by atoms with Crippen LogP contribution in [-0.4, -0.2) is 29.1 Å². The Morgan fingerprint density at radius 3 is 2.57 bits per heavy atom. The predicted molar refractivity (Wildman–Crippen MR) is 110 cm³/mol. The van der Waals surface area contributed by atoms with Gasteiger partial charge in [-0.3, -0.25) is 4.79 Å². The molecule has 1 fully saturated rings. The van der Waals surface area contributed by atoms with E-state index in [1.54, 1.807) is 0 Å². The molecule has 0 aliphatic carbocycles. The molecule has 0 radical (unpaired) electrons. The van der Waals surface area contributed by atoms with Gasteiger partial charge in [0.05, 0.1) is 0 Å². The van der Waals surface area contributed by atoms with E-state index < -0.39 is 0 Å². The fourth-order valence-electron chi connectivity index (χ4n) is 3.48. The average Bonchev–Trinajstić information content (AvgIpc) is 3.19. The van der Waals surface area contributed by atoms with Crippen LogP contribution in [0.1, 0.15) is 26.7 Å². The van der Waals surface area contributed by atoms with Crippen molar-refractivity contribution in [2.24, 2.45) is 5.92 Å². The summed E-state index contributed by atoms with van der Waals surface area (Å²) < 4.78 is 5.44. The molecule has 0 bridgehead atoms. The lowest BCUT2D eigenvalue weighted by Crippen LogP contribution is -2.32. The summed E-state index contributed by atoms with van der Waals surface area (Å²) in [4.78, 5) is 18.2. The topological polar surface area (TPSA) is 71.3 Å². The van der Waals surface area contributed by atoms with Crippen LogP contribution in [0, 0.1) is 5.92 Å². The van der Waals surface area contributed by atoms with Crippen LogP contribution in [-0.2, 0) is 4.79 Å². The molecule has 3 aromatic rings. The van der Waals surface area contributed by atoms with Crippen molar-refractivity contribution >= 4 is 17.3 Å². The van der Waals surface area contributed by atoms with Crippen molar-refractivity contribution in [3.05, 3.63) is 48.5 Å². The summed E-state index contributed by atoms with van der Waals surface area (Å²) in [6, 6.07) is 15.7. The van der Waals surface area contributed by atoms with Crippen LogP contribution in [0.25, 0.3) is 22.8 Å². The molecule has 1 aromatic heterocycles. The predicted octanol–water partition coefficient (Wildman–Crippen LogP) is 4.60. The molecule has 0 spiro atoms. The second-order valence-electron chi connectivity index (χ2n) is 7.40. The van der Waals surface area contributed by atoms with Crippen molar-refractivity contribution in [3.63, 3.8) is 0 Å². The molecule has 1 N–H and O–H groups in total. The molecule has 0 atom stereocenters. The van der Waals surface area contributed by atoms with E-state index in [0.717, 1.165) is 30.1 Å². The zero-order valence-electron chi connectivity index (χ0n) is 16.2. The van der Waals surface area contributed by atoms with E-state index in [1.165, 1.54) is 25.5 Å². The van der Waals surface area contributed by atoms with Crippen LogP contribution in [0.3, 0.4) is 0 Å². The molecule has 2 aromatic carbocycles. The standard InChI is InChI=1S/C22H24N4O2/c1-15-10-12-26(13-11-15)20-8-6-17(7-9-20)21-24-22(28-25-21)18-4-3-5-19(14-18)23-16(2)27/h3-9,14-15H,10-13H2,1-2H3,(H,23,27). The highest BCUT2D eigenvalue weighted by Crippen LogP contribution is 2.27. The highest BCUT2D eigenvalue weighted by molar-refractivity contribution is 5.89. The minimum absolute atomic E-state index is 0.119. The van der Waals surface area contributed by atoms with Gasteiger partial charge in [0.1, 0.15) is 0 Å². The Balaban J connectivity index is 1.50. The number of rotatable bonds is 4. The number of nitrogens with zero attached hydrogens (tertiary/aromatic N) is 3. The number of piperidine rings is 1. The van der Waals surface area contributed by atoms with Crippen LogP contribution in [0.4, 0.5) is 11.4 Å². The maximum Gasteiger partial charge on any atom is 0.258 e. The van der Waals surface area contributed by atoms with Gasteiger partial charge in [-0.2, -0.15) is 4.98 Å². The fraction of sp³-hybridized carbons (Fsp3) is 0.318. The summed E-state index contributed by atoms with van der Waals surface area (Å²) in [5.74, 6) is 1.68. The van der Waals surface area contributed by atoms with Gasteiger partial charge >= 0.3 is 0 Å². The number of hydrogen-bond donors (Lipinski definition) is 1. The summed E-state index contributed by atoms with van der Waals surface area (Å²) in [7, 11) is 0. The Bertz CT molecular complexity index is 957. The fourth-order valence-corrected chi connectivity index (χ4v) is 3.48. The smallest absolute Gasteiger partial charge is 0.258 e. The third-order valence-electron chi connectivity index (χ3n) is 5.13. The monoisotopic (exact) mass is 376 g/mol. The molecule has 4 rings (SSSR count). The molecular weight excluding hydrogens is 352 g/mol. The quantitative estimate of drug-likeness (QED) is 0.721. The molecule has 6 nitrogen and oxygen atoms in total. The van der Waals surface area contributed by atoms with E-state index in [2.05, 4.69) is 39.4 Å². The number of carbonyl (C=O) groups is 1. The molecule has 28 heavy (non-hydrogen) atoms. The van der Waals surface area contributed by atoms with Crippen molar-refractivity contribution in [3.8, 4) is 22.8 Å². The van der Waals surface area contributed by atoms with Crippen LogP contribution in [0.15, 0.2) is 53.1 Å². The number of hydrogen-bond acceptors (Lipinski definition) is 5. The summed E-state index contributed by atoms with van der Waals surface area (Å²) in [6.07, 6.45) is 2.49. The van der Waals surface area contributed by atoms with Crippen LogP contribution in [0.5, 0.6) is 0 Å². The lowest BCUT2D eigenvalue weighted by molar-refractivity contribution is -0.114. The maximum atomic E-state index is 11.2. The zero-order valence-corrected chi connectivity index (χ0v) is 16.2. The number of anilines is 2. The van der Waals surface area contributed by atoms with Gasteiger partial charge in [-0.05, 0) is 61.2 Å². The Morgan fingerprint density at radius 2 is 1.86 bits per heavy atom. The molecule has 2 heterocycles. The van der Waals surface area contributed by atoms with Gasteiger partial charge in [-0.25, -0.2) is 0 Å². The summed E-state index contributed by atoms with van der Waals surface area (Å²) in [5.41, 5.74) is 3.62. The first-order chi connectivity index (χ1) is 13.6. The summed E-state index contributed by atoms with van der Waals surface area (Å²) in [5, 5.41) is 6.88. The van der Waals surface area contributed by atoms with Crippen LogP contribution < -0.4 is 10.2 Å². The number of carbonyl (C=O) groups excluding carboxylic acids is 1. The van der Waals surface area contributed by atoms with Gasteiger partial charge in [0.15, 0.2) is 0 Å². The van der Waals surface area contributed by atoms with Gasteiger partial charge in [-0.1, -0.05) is 18.1 Å². The third kappa shape index (κ3) is 4.06. The van der Waals surface area contributed by atoms with E-state index in [9.17, 15) is 4.79 Å². The van der Waals surface area contributed by atoms with E-state index in [0.29, 0.717) is 17.4 Å². The van der Waals surface area contributed by atoms with E-state index in [-0.39, 0.29) is 5.91 Å². The number of benzene rings is 2. The molecule has 1 saturated heterocycles. The summed E-state index contributed by atoms with van der Waals surface area (Å²) >= 11 is 0. The van der Waals surface area contributed by atoms with Crippen molar-refractivity contribution in [2.45, 2.75) is 26.7 Å². The van der Waals surface area contributed by atoms with Gasteiger partial charge < -0.3 is 14.7 Å². The van der Waals surface area contributed by atoms with Crippen LogP contribution in [0.2, 0.25) is 0 Å². The second-order valence-corrected chi connectivity index (χ2v) is 7.40. The first kappa shape index (κ1) is 18.2. The lowest BCUT2D eigenvalue weighted by atomic mass is 9.98. The van der Waals surface area contributed by atoms with E-state index in [1.807, 2.05) is 36.4 Å². The lowest BCUT2D eigenvalue weighted by Gasteiger charge is -2.32. The van der Waals surface area contributed by atoms with Crippen molar-refractivity contribution in [1.82, 2.24) is 10.1 Å². The van der Waals surface area contributed by atoms with Gasteiger partial charge in [-0.15, -0.1) is 0 Å². The first-order valence-corrected chi connectivity index (χ1v) is 9.65. The molecular formula is C22H24N4O2. The second kappa shape index (κ2) is 7.84. The van der Waals surface area contributed by atoms with Crippen LogP contribution >= 0.6 is 0 Å². The van der Waals surface area contributed by atoms with E-state index in [4.69, 9.17) is 4.52 Å². The molecule has 144 valence electrons. The van der Waals surface area contributed by atoms with E-state index >= 15 is 0 Å². The maximum absolute atomic E-state index is 11.2. The number of nitrogens with one attached hydrogen (secondary N) is 1. The Labute approximate surface area is 164 Å². The average molecular weight is 376 g/mol. The minimum Gasteiger partial charge on any atom is -0.372 e. The van der Waals surface area contributed by atoms with Gasteiger partial charge in [0.2, 0.25) is 11.7 Å². The van der Waals surface area contributed by atoms with Gasteiger partial charge in [0, 0.05) is 42.5 Å². The normalized spacial score (nSPS) is 14.9. The molecule has 0 saturated carbocycles. The molecule has 1 aliphatic rings. The van der Waals surface area contributed by atoms with Gasteiger partial charge in [0.25, 0.3) is 5.89 Å². The highest BCUT2D eigenvalue weighted by atomic mass is 16.5. The molecule has 0 unspecified atom stereocenters. The SMILES string of the molecule is CC(=O)Nc1cccc(-c2nc(-c3ccc(N4CCC(C)CC4)cc3)no2)c1. The van der Waals surface area contributed by atoms with Crippen molar-refractivity contribution in [1.29, 1.82) is 0 Å².